The number of anilines is 1. The SMILES string of the molecule is COc1ccc(Cl)cc1N1CC(C(=O)NCc2ccc(-n3ccnc3C)c(F)c2)CC1=O. The van der Waals surface area contributed by atoms with Gasteiger partial charge in [-0.05, 0) is 42.8 Å². The monoisotopic (exact) mass is 456 g/mol. The largest absolute Gasteiger partial charge is 0.495 e. The summed E-state index contributed by atoms with van der Waals surface area (Å²) in [4.78, 5) is 30.9. The van der Waals surface area contributed by atoms with E-state index in [9.17, 15) is 14.0 Å². The Bertz CT molecular complexity index is 1180. The van der Waals surface area contributed by atoms with Gasteiger partial charge >= 0.3 is 0 Å². The second kappa shape index (κ2) is 9.00. The zero-order chi connectivity index (χ0) is 22.8. The van der Waals surface area contributed by atoms with E-state index >= 15 is 0 Å². The van der Waals surface area contributed by atoms with Crippen molar-refractivity contribution in [3.8, 4) is 11.4 Å². The van der Waals surface area contributed by atoms with Crippen molar-refractivity contribution in [2.45, 2.75) is 19.9 Å². The fraction of sp³-hybridized carbons (Fsp3) is 0.261. The predicted octanol–water partition coefficient (Wildman–Crippen LogP) is 3.65. The van der Waals surface area contributed by atoms with Crippen LogP contribution in [0.2, 0.25) is 5.02 Å². The minimum Gasteiger partial charge on any atom is -0.495 e. The van der Waals surface area contributed by atoms with E-state index in [0.29, 0.717) is 33.5 Å². The third-order valence-corrected chi connectivity index (χ3v) is 5.73. The van der Waals surface area contributed by atoms with Crippen molar-refractivity contribution in [3.05, 3.63) is 71.0 Å². The van der Waals surface area contributed by atoms with Gasteiger partial charge in [-0.25, -0.2) is 9.37 Å². The molecular weight excluding hydrogens is 435 g/mol. The first-order chi connectivity index (χ1) is 15.4. The van der Waals surface area contributed by atoms with E-state index in [1.807, 2.05) is 0 Å². The lowest BCUT2D eigenvalue weighted by Crippen LogP contribution is -2.32. The van der Waals surface area contributed by atoms with Crippen LogP contribution >= 0.6 is 11.6 Å². The number of halogens is 2. The molecule has 0 spiro atoms. The average molecular weight is 457 g/mol. The lowest BCUT2D eigenvalue weighted by atomic mass is 10.1. The number of carbonyl (C=O) groups excluding carboxylic acids is 2. The maximum Gasteiger partial charge on any atom is 0.227 e. The Morgan fingerprint density at radius 2 is 2.09 bits per heavy atom. The smallest absolute Gasteiger partial charge is 0.227 e. The van der Waals surface area contributed by atoms with Crippen LogP contribution in [0.3, 0.4) is 0 Å². The first kappa shape index (κ1) is 21.8. The number of hydrogen-bond donors (Lipinski definition) is 1. The minimum atomic E-state index is -0.524. The van der Waals surface area contributed by atoms with Crippen molar-refractivity contribution in [1.29, 1.82) is 0 Å². The molecule has 4 rings (SSSR count). The Labute approximate surface area is 189 Å². The third-order valence-electron chi connectivity index (χ3n) is 5.49. The van der Waals surface area contributed by atoms with Crippen LogP contribution in [-0.4, -0.2) is 35.0 Å². The number of hydrogen-bond acceptors (Lipinski definition) is 4. The molecule has 0 aliphatic carbocycles. The van der Waals surface area contributed by atoms with Gasteiger partial charge in [-0.3, -0.25) is 9.59 Å². The lowest BCUT2D eigenvalue weighted by Gasteiger charge is -2.20. The Kier molecular flexibility index (Phi) is 6.14. The van der Waals surface area contributed by atoms with Crippen LogP contribution in [-0.2, 0) is 16.1 Å². The van der Waals surface area contributed by atoms with Crippen LogP contribution in [0.15, 0.2) is 48.8 Å². The van der Waals surface area contributed by atoms with E-state index < -0.39 is 11.7 Å². The van der Waals surface area contributed by atoms with Crippen LogP contribution < -0.4 is 15.0 Å². The molecule has 2 aromatic carbocycles. The number of carbonyl (C=O) groups is 2. The minimum absolute atomic E-state index is 0.0781. The predicted molar refractivity (Wildman–Crippen MR) is 119 cm³/mol. The van der Waals surface area contributed by atoms with Crippen LogP contribution in [0.25, 0.3) is 5.69 Å². The number of methoxy groups -OCH3 is 1. The first-order valence-electron chi connectivity index (χ1n) is 10.1. The van der Waals surface area contributed by atoms with Gasteiger partial charge in [0, 0.05) is 36.9 Å². The molecule has 32 heavy (non-hydrogen) atoms. The van der Waals surface area contributed by atoms with Gasteiger partial charge in [0.15, 0.2) is 0 Å². The molecule has 9 heteroatoms. The molecule has 1 saturated heterocycles. The lowest BCUT2D eigenvalue weighted by molar-refractivity contribution is -0.126. The van der Waals surface area contributed by atoms with Gasteiger partial charge in [0.2, 0.25) is 11.8 Å². The van der Waals surface area contributed by atoms with Crippen LogP contribution in [0.1, 0.15) is 17.8 Å². The van der Waals surface area contributed by atoms with Crippen molar-refractivity contribution in [2.75, 3.05) is 18.6 Å². The topological polar surface area (TPSA) is 76.5 Å². The summed E-state index contributed by atoms with van der Waals surface area (Å²) in [6.45, 7) is 2.16. The fourth-order valence-electron chi connectivity index (χ4n) is 3.81. The summed E-state index contributed by atoms with van der Waals surface area (Å²) < 4.78 is 21.6. The van der Waals surface area contributed by atoms with Crippen LogP contribution in [0.4, 0.5) is 10.1 Å². The highest BCUT2D eigenvalue weighted by Gasteiger charge is 2.36. The summed E-state index contributed by atoms with van der Waals surface area (Å²) in [7, 11) is 1.51. The van der Waals surface area contributed by atoms with Crippen molar-refractivity contribution >= 4 is 29.1 Å². The van der Waals surface area contributed by atoms with Crippen molar-refractivity contribution in [2.24, 2.45) is 5.92 Å². The molecule has 1 fully saturated rings. The number of nitrogens with one attached hydrogen (secondary N) is 1. The Balaban J connectivity index is 1.41. The molecule has 2 heterocycles. The van der Waals surface area contributed by atoms with Gasteiger partial charge in [-0.1, -0.05) is 17.7 Å². The summed E-state index contributed by atoms with van der Waals surface area (Å²) in [5, 5.41) is 3.28. The number of benzene rings is 2. The van der Waals surface area contributed by atoms with E-state index in [1.54, 1.807) is 54.2 Å². The van der Waals surface area contributed by atoms with E-state index in [1.165, 1.54) is 18.1 Å². The van der Waals surface area contributed by atoms with Gasteiger partial charge in [0.25, 0.3) is 0 Å². The molecule has 7 nitrogen and oxygen atoms in total. The number of imidazole rings is 1. The number of aromatic nitrogens is 2. The Hall–Kier alpha value is -3.39. The maximum absolute atomic E-state index is 14.6. The molecule has 1 N–H and O–H groups in total. The van der Waals surface area contributed by atoms with Gasteiger partial charge in [0.1, 0.15) is 17.4 Å². The summed E-state index contributed by atoms with van der Waals surface area (Å²) >= 11 is 6.07. The molecule has 166 valence electrons. The van der Waals surface area contributed by atoms with Gasteiger partial charge < -0.3 is 19.5 Å². The second-order valence-corrected chi connectivity index (χ2v) is 8.01. The van der Waals surface area contributed by atoms with Crippen molar-refractivity contribution in [3.63, 3.8) is 0 Å². The van der Waals surface area contributed by atoms with E-state index in [0.717, 1.165) is 0 Å². The molecule has 3 aromatic rings. The van der Waals surface area contributed by atoms with Crippen LogP contribution in [0, 0.1) is 18.7 Å². The normalized spacial score (nSPS) is 15.8. The van der Waals surface area contributed by atoms with E-state index in [2.05, 4.69) is 10.3 Å². The van der Waals surface area contributed by atoms with Gasteiger partial charge in [0.05, 0.1) is 24.4 Å². The van der Waals surface area contributed by atoms with Crippen molar-refractivity contribution in [1.82, 2.24) is 14.9 Å². The highest BCUT2D eigenvalue weighted by molar-refractivity contribution is 6.31. The summed E-state index contributed by atoms with van der Waals surface area (Å²) in [5.74, 6) is -0.199. The molecule has 0 radical (unpaired) electrons. The zero-order valence-electron chi connectivity index (χ0n) is 17.6. The van der Waals surface area contributed by atoms with Crippen LogP contribution in [0.5, 0.6) is 5.75 Å². The van der Waals surface area contributed by atoms with E-state index in [4.69, 9.17) is 16.3 Å². The third kappa shape index (κ3) is 4.31. The molecule has 0 saturated carbocycles. The average Bonchev–Trinajstić information content (AvgIpc) is 3.37. The number of rotatable bonds is 6. The standard InChI is InChI=1S/C23H22ClFN4O3/c1-14-26-7-8-28(14)19-5-3-15(9-18(19)25)12-27-23(31)16-10-22(30)29(13-16)20-11-17(24)4-6-21(20)32-2/h3-9,11,16H,10,12-13H2,1-2H3,(H,27,31). The molecule has 1 aliphatic heterocycles. The molecule has 2 amide bonds. The van der Waals surface area contributed by atoms with Crippen molar-refractivity contribution < 1.29 is 18.7 Å². The number of amides is 2. The number of ether oxygens (including phenoxy) is 1. The van der Waals surface area contributed by atoms with Gasteiger partial charge in [-0.2, -0.15) is 0 Å². The van der Waals surface area contributed by atoms with E-state index in [-0.39, 0.29) is 31.3 Å². The molecule has 1 unspecified atom stereocenters. The quantitative estimate of drug-likeness (QED) is 0.614. The second-order valence-electron chi connectivity index (χ2n) is 7.57. The highest BCUT2D eigenvalue weighted by Crippen LogP contribution is 2.35. The summed E-state index contributed by atoms with van der Waals surface area (Å²) in [6, 6.07) is 9.79. The molecule has 1 aliphatic rings. The molecular formula is C23H22ClFN4O3. The number of aryl methyl sites for hydroxylation is 1. The Morgan fingerprint density at radius 3 is 2.78 bits per heavy atom. The zero-order valence-corrected chi connectivity index (χ0v) is 18.4. The summed E-state index contributed by atoms with van der Waals surface area (Å²) in [5.41, 5.74) is 1.55. The fourth-order valence-corrected chi connectivity index (χ4v) is 3.98. The van der Waals surface area contributed by atoms with Gasteiger partial charge in [-0.15, -0.1) is 0 Å². The molecule has 0 bridgehead atoms. The molecule has 1 aromatic heterocycles. The summed E-state index contributed by atoms with van der Waals surface area (Å²) in [6.07, 6.45) is 3.37. The maximum atomic E-state index is 14.6. The number of nitrogens with zero attached hydrogens (tertiary/aromatic N) is 3. The first-order valence-corrected chi connectivity index (χ1v) is 10.5. The Morgan fingerprint density at radius 1 is 1.28 bits per heavy atom. The molecule has 1 atom stereocenters. The highest BCUT2D eigenvalue weighted by atomic mass is 35.5.